The van der Waals surface area contributed by atoms with E-state index in [1.54, 1.807) is 24.3 Å². The molecule has 5 N–H and O–H groups in total. The molecule has 0 saturated carbocycles. The predicted octanol–water partition coefficient (Wildman–Crippen LogP) is 1.59. The van der Waals surface area contributed by atoms with Crippen molar-refractivity contribution in [1.29, 1.82) is 0 Å². The smallest absolute Gasteiger partial charge is 0.255 e. The molecule has 0 bridgehead atoms. The Morgan fingerprint density at radius 3 is 2.48 bits per heavy atom. The third kappa shape index (κ3) is 3.11. The van der Waals surface area contributed by atoms with Crippen LogP contribution >= 0.6 is 0 Å². The number of benzene rings is 2. The number of hydrogen-bond donors (Lipinski definition) is 4. The van der Waals surface area contributed by atoms with Gasteiger partial charge in [-0.2, -0.15) is 0 Å². The predicted molar refractivity (Wildman–Crippen MR) is 80.3 cm³/mol. The molecule has 6 heteroatoms. The number of carbonyl (C=O) groups is 2. The van der Waals surface area contributed by atoms with E-state index in [9.17, 15) is 14.7 Å². The molecule has 0 fully saturated rings. The number of phenols is 1. The van der Waals surface area contributed by atoms with Gasteiger partial charge in [0.1, 0.15) is 5.75 Å². The van der Waals surface area contributed by atoms with Gasteiger partial charge in [-0.1, -0.05) is 12.1 Å². The maximum Gasteiger partial charge on any atom is 0.255 e. The molecular weight excluding hydrogens is 270 g/mol. The number of hydrogen-bond acceptors (Lipinski definition) is 4. The molecule has 0 unspecified atom stereocenters. The third-order valence-electron chi connectivity index (χ3n) is 2.94. The summed E-state index contributed by atoms with van der Waals surface area (Å²) in [6, 6.07) is 10.8. The van der Waals surface area contributed by atoms with Crippen molar-refractivity contribution in [2.75, 3.05) is 18.1 Å². The monoisotopic (exact) mass is 285 g/mol. The number of nitrogens with one attached hydrogen (secondary N) is 2. The van der Waals surface area contributed by atoms with Gasteiger partial charge in [0.05, 0.1) is 16.9 Å². The Hall–Kier alpha value is -3.02. The van der Waals surface area contributed by atoms with Gasteiger partial charge in [0.2, 0.25) is 0 Å². The number of aromatic hydroxyl groups is 1. The van der Waals surface area contributed by atoms with Crippen LogP contribution in [0.3, 0.4) is 0 Å². The van der Waals surface area contributed by atoms with Crippen molar-refractivity contribution in [3.8, 4) is 5.75 Å². The lowest BCUT2D eigenvalue weighted by molar-refractivity contribution is 0.0964. The van der Waals surface area contributed by atoms with Crippen LogP contribution in [-0.2, 0) is 0 Å². The van der Waals surface area contributed by atoms with Crippen LogP contribution in [0.4, 0.5) is 11.4 Å². The summed E-state index contributed by atoms with van der Waals surface area (Å²) in [7, 11) is 1.51. The van der Waals surface area contributed by atoms with E-state index in [2.05, 4.69) is 10.6 Å². The summed E-state index contributed by atoms with van der Waals surface area (Å²) < 4.78 is 0. The van der Waals surface area contributed by atoms with Gasteiger partial charge < -0.3 is 21.5 Å². The first-order chi connectivity index (χ1) is 10.0. The van der Waals surface area contributed by atoms with Crippen LogP contribution in [-0.4, -0.2) is 24.0 Å². The van der Waals surface area contributed by atoms with Crippen molar-refractivity contribution < 1.29 is 14.7 Å². The number of carbonyl (C=O) groups excluding carboxylic acids is 2. The van der Waals surface area contributed by atoms with Crippen molar-refractivity contribution in [3.05, 3.63) is 53.6 Å². The number of para-hydroxylation sites is 1. The number of rotatable bonds is 3. The summed E-state index contributed by atoms with van der Waals surface area (Å²) in [5.41, 5.74) is 6.67. The molecule has 0 radical (unpaired) electrons. The lowest BCUT2D eigenvalue weighted by atomic mass is 10.1. The summed E-state index contributed by atoms with van der Waals surface area (Å²) in [6.07, 6.45) is 0. The Kier molecular flexibility index (Phi) is 4.08. The molecule has 0 aliphatic rings. The quantitative estimate of drug-likeness (QED) is 0.507. The summed E-state index contributed by atoms with van der Waals surface area (Å²) in [5.74, 6) is -0.907. The molecular formula is C15H15N3O3. The van der Waals surface area contributed by atoms with Crippen molar-refractivity contribution >= 4 is 23.2 Å². The molecule has 0 heterocycles. The Morgan fingerprint density at radius 2 is 1.81 bits per heavy atom. The molecule has 2 aromatic rings. The first-order valence-corrected chi connectivity index (χ1v) is 6.24. The molecule has 21 heavy (non-hydrogen) atoms. The molecule has 108 valence electrons. The third-order valence-corrected chi connectivity index (χ3v) is 2.94. The van der Waals surface area contributed by atoms with E-state index in [0.29, 0.717) is 11.3 Å². The Labute approximate surface area is 121 Å². The highest BCUT2D eigenvalue weighted by atomic mass is 16.3. The van der Waals surface area contributed by atoms with Crippen LogP contribution in [0.25, 0.3) is 0 Å². The van der Waals surface area contributed by atoms with Crippen LogP contribution < -0.4 is 16.4 Å². The summed E-state index contributed by atoms with van der Waals surface area (Å²) >= 11 is 0. The van der Waals surface area contributed by atoms with E-state index >= 15 is 0 Å². The summed E-state index contributed by atoms with van der Waals surface area (Å²) in [6.45, 7) is 0. The summed E-state index contributed by atoms with van der Waals surface area (Å²) in [5, 5.41) is 14.7. The molecule has 2 amide bonds. The second-order valence-corrected chi connectivity index (χ2v) is 4.35. The summed E-state index contributed by atoms with van der Waals surface area (Å²) in [4.78, 5) is 23.9. The van der Waals surface area contributed by atoms with E-state index in [0.717, 1.165) is 0 Å². The lowest BCUT2D eigenvalue weighted by Crippen LogP contribution is -2.21. The van der Waals surface area contributed by atoms with Crippen molar-refractivity contribution in [2.45, 2.75) is 0 Å². The van der Waals surface area contributed by atoms with Gasteiger partial charge in [0, 0.05) is 12.6 Å². The molecule has 2 aromatic carbocycles. The average Bonchev–Trinajstić information content (AvgIpc) is 2.49. The molecule has 0 atom stereocenters. The van der Waals surface area contributed by atoms with Crippen LogP contribution in [0, 0.1) is 0 Å². The molecule has 6 nitrogen and oxygen atoms in total. The van der Waals surface area contributed by atoms with Crippen molar-refractivity contribution in [1.82, 2.24) is 5.32 Å². The zero-order chi connectivity index (χ0) is 15.4. The fourth-order valence-electron chi connectivity index (χ4n) is 1.80. The number of phenolic OH excluding ortho intramolecular Hbond substituents is 1. The minimum atomic E-state index is -0.443. The SMILES string of the molecule is CNC(=O)c1ccccc1NC(=O)c1ccc(N)c(O)c1. The molecule has 0 aliphatic carbocycles. The fraction of sp³-hybridized carbons (Fsp3) is 0.0667. The van der Waals surface area contributed by atoms with Crippen LogP contribution in [0.1, 0.15) is 20.7 Å². The van der Waals surface area contributed by atoms with E-state index in [-0.39, 0.29) is 22.9 Å². The van der Waals surface area contributed by atoms with Gasteiger partial charge in [-0.15, -0.1) is 0 Å². The topological polar surface area (TPSA) is 104 Å². The van der Waals surface area contributed by atoms with Crippen molar-refractivity contribution in [3.63, 3.8) is 0 Å². The molecule has 0 spiro atoms. The van der Waals surface area contributed by atoms with Crippen LogP contribution in [0.2, 0.25) is 0 Å². The molecule has 0 aliphatic heterocycles. The largest absolute Gasteiger partial charge is 0.506 e. The Balaban J connectivity index is 2.27. The van der Waals surface area contributed by atoms with E-state index in [1.807, 2.05) is 0 Å². The number of anilines is 2. The maximum atomic E-state index is 12.1. The van der Waals surface area contributed by atoms with Gasteiger partial charge in [0.15, 0.2) is 0 Å². The molecule has 2 rings (SSSR count). The Morgan fingerprint density at radius 1 is 1.10 bits per heavy atom. The zero-order valence-corrected chi connectivity index (χ0v) is 11.4. The zero-order valence-electron chi connectivity index (χ0n) is 11.4. The Bertz CT molecular complexity index is 698. The highest BCUT2D eigenvalue weighted by molar-refractivity contribution is 6.09. The van der Waals surface area contributed by atoms with Gasteiger partial charge in [0.25, 0.3) is 11.8 Å². The number of nitrogen functional groups attached to an aromatic ring is 1. The van der Waals surface area contributed by atoms with Crippen LogP contribution in [0.5, 0.6) is 5.75 Å². The first-order valence-electron chi connectivity index (χ1n) is 6.24. The van der Waals surface area contributed by atoms with Gasteiger partial charge in [-0.05, 0) is 30.3 Å². The second-order valence-electron chi connectivity index (χ2n) is 4.35. The second kappa shape index (κ2) is 5.96. The van der Waals surface area contributed by atoms with Gasteiger partial charge in [-0.3, -0.25) is 9.59 Å². The van der Waals surface area contributed by atoms with E-state index in [4.69, 9.17) is 5.73 Å². The van der Waals surface area contributed by atoms with E-state index < -0.39 is 5.91 Å². The van der Waals surface area contributed by atoms with Gasteiger partial charge >= 0.3 is 0 Å². The number of nitrogens with two attached hydrogens (primary N) is 1. The van der Waals surface area contributed by atoms with E-state index in [1.165, 1.54) is 25.2 Å². The molecule has 0 saturated heterocycles. The number of amides is 2. The average molecular weight is 285 g/mol. The minimum absolute atomic E-state index is 0.165. The highest BCUT2D eigenvalue weighted by Crippen LogP contribution is 2.22. The minimum Gasteiger partial charge on any atom is -0.506 e. The fourth-order valence-corrected chi connectivity index (χ4v) is 1.80. The lowest BCUT2D eigenvalue weighted by Gasteiger charge is -2.10. The standard InChI is InChI=1S/C15H15N3O3/c1-17-15(21)10-4-2-3-5-12(10)18-14(20)9-6-7-11(16)13(19)8-9/h2-8,19H,16H2,1H3,(H,17,21)(H,18,20). The highest BCUT2D eigenvalue weighted by Gasteiger charge is 2.13. The normalized spacial score (nSPS) is 9.95. The van der Waals surface area contributed by atoms with Crippen LogP contribution in [0.15, 0.2) is 42.5 Å². The van der Waals surface area contributed by atoms with Crippen molar-refractivity contribution in [2.24, 2.45) is 0 Å². The van der Waals surface area contributed by atoms with Gasteiger partial charge in [-0.25, -0.2) is 0 Å². The maximum absolute atomic E-state index is 12.1. The molecule has 0 aromatic heterocycles. The first kappa shape index (κ1) is 14.4.